The smallest absolute Gasteiger partial charge is 0.149 e. The third-order valence-electron chi connectivity index (χ3n) is 3.72. The van der Waals surface area contributed by atoms with Crippen molar-refractivity contribution in [2.24, 2.45) is 5.73 Å². The molecule has 3 N–H and O–H groups in total. The Morgan fingerprint density at radius 3 is 2.70 bits per heavy atom. The molecule has 2 aromatic carbocycles. The van der Waals surface area contributed by atoms with Crippen LogP contribution >= 0.6 is 38.9 Å². The van der Waals surface area contributed by atoms with Crippen molar-refractivity contribution in [2.45, 2.75) is 13.0 Å². The number of nitrogens with zero attached hydrogens (tertiary/aromatic N) is 2. The summed E-state index contributed by atoms with van der Waals surface area (Å²) in [5.41, 5.74) is 7.86. The quantitative estimate of drug-likeness (QED) is 0.554. The van der Waals surface area contributed by atoms with Gasteiger partial charge in [0.15, 0.2) is 0 Å². The van der Waals surface area contributed by atoms with Crippen LogP contribution in [0.4, 0.5) is 4.39 Å². The maximum Gasteiger partial charge on any atom is 0.149 e. The Balaban J connectivity index is 1.89. The highest BCUT2D eigenvalue weighted by Crippen LogP contribution is 2.37. The topological polar surface area (TPSA) is 81.3 Å². The van der Waals surface area contributed by atoms with Gasteiger partial charge in [0, 0.05) is 15.6 Å². The van der Waals surface area contributed by atoms with Crippen LogP contribution in [0.5, 0.6) is 5.75 Å². The average molecular weight is 473 g/mol. The molecule has 0 bridgehead atoms. The highest BCUT2D eigenvalue weighted by atomic mass is 79.9. The molecular weight excluding hydrogens is 457 g/mol. The van der Waals surface area contributed by atoms with Crippen LogP contribution in [0.1, 0.15) is 5.56 Å². The van der Waals surface area contributed by atoms with Crippen LogP contribution < -0.4 is 10.5 Å². The summed E-state index contributed by atoms with van der Waals surface area (Å²) in [5.74, 6) is 0.235. The minimum Gasteiger partial charge on any atom is -0.492 e. The molecule has 1 heterocycles. The van der Waals surface area contributed by atoms with E-state index in [0.717, 1.165) is 5.56 Å². The molecule has 27 heavy (non-hydrogen) atoms. The van der Waals surface area contributed by atoms with Crippen LogP contribution in [-0.2, 0) is 0 Å². The van der Waals surface area contributed by atoms with Gasteiger partial charge in [-0.05, 0) is 42.8 Å². The van der Waals surface area contributed by atoms with Gasteiger partial charge in [-0.25, -0.2) is 4.39 Å². The lowest BCUT2D eigenvalue weighted by molar-refractivity contribution is 0.206. The first-order valence-electron chi connectivity index (χ1n) is 7.97. The Morgan fingerprint density at radius 1 is 1.26 bits per heavy atom. The Labute approximate surface area is 173 Å². The molecule has 9 heteroatoms. The number of rotatable bonds is 6. The second kappa shape index (κ2) is 8.62. The number of aromatic nitrogens is 2. The maximum atomic E-state index is 13.6. The van der Waals surface area contributed by atoms with E-state index in [1.807, 2.05) is 13.0 Å². The van der Waals surface area contributed by atoms with Crippen LogP contribution in [-0.4, -0.2) is 34.6 Å². The summed E-state index contributed by atoms with van der Waals surface area (Å²) in [5, 5.41) is 19.0. The predicted octanol–water partition coefficient (Wildman–Crippen LogP) is 4.43. The summed E-state index contributed by atoms with van der Waals surface area (Å²) < 4.78 is 19.9. The monoisotopic (exact) mass is 471 g/mol. The standard InChI is InChI=1S/C18H16BrClFN3O2S/c1-9-2-14(15(20)6-16(9)26-8-13(22)7-25)18-24-23-17(27-18)10-3-11(19)5-12(21)4-10/h2-6,13,25H,7-8,22H2,1H3/t13-/m1/s1. The molecule has 0 radical (unpaired) electrons. The number of nitrogens with two attached hydrogens (primary N) is 1. The van der Waals surface area contributed by atoms with Gasteiger partial charge in [-0.15, -0.1) is 10.2 Å². The SMILES string of the molecule is Cc1cc(-c2nnc(-c3cc(F)cc(Br)c3)s2)c(Cl)cc1OC[C@H](N)CO. The van der Waals surface area contributed by atoms with E-state index in [4.69, 9.17) is 27.2 Å². The minimum atomic E-state index is -0.459. The fourth-order valence-electron chi connectivity index (χ4n) is 2.36. The summed E-state index contributed by atoms with van der Waals surface area (Å²) in [6.07, 6.45) is 0. The first-order valence-corrected chi connectivity index (χ1v) is 9.96. The predicted molar refractivity (Wildman–Crippen MR) is 109 cm³/mol. The lowest BCUT2D eigenvalue weighted by atomic mass is 10.1. The van der Waals surface area contributed by atoms with Gasteiger partial charge in [0.1, 0.15) is 28.2 Å². The van der Waals surface area contributed by atoms with Gasteiger partial charge in [-0.1, -0.05) is 38.9 Å². The van der Waals surface area contributed by atoms with E-state index in [1.54, 1.807) is 12.1 Å². The van der Waals surface area contributed by atoms with Crippen LogP contribution in [0.25, 0.3) is 21.1 Å². The molecule has 0 aliphatic carbocycles. The largest absolute Gasteiger partial charge is 0.492 e. The van der Waals surface area contributed by atoms with Crippen LogP contribution in [0.2, 0.25) is 5.02 Å². The Morgan fingerprint density at radius 2 is 2.00 bits per heavy atom. The molecule has 0 unspecified atom stereocenters. The molecule has 3 rings (SSSR count). The molecule has 1 atom stereocenters. The van der Waals surface area contributed by atoms with Gasteiger partial charge in [-0.2, -0.15) is 0 Å². The van der Waals surface area contributed by atoms with Gasteiger partial charge >= 0.3 is 0 Å². The first-order chi connectivity index (χ1) is 12.9. The Kier molecular flexibility index (Phi) is 6.44. The number of aliphatic hydroxyl groups is 1. The van der Waals surface area contributed by atoms with Gasteiger partial charge in [0.25, 0.3) is 0 Å². The summed E-state index contributed by atoms with van der Waals surface area (Å²) in [7, 11) is 0. The van der Waals surface area contributed by atoms with Gasteiger partial charge in [0.2, 0.25) is 0 Å². The molecule has 0 fully saturated rings. The van der Waals surface area contributed by atoms with E-state index in [2.05, 4.69) is 26.1 Å². The van der Waals surface area contributed by atoms with Gasteiger partial charge in [0.05, 0.1) is 17.7 Å². The zero-order valence-corrected chi connectivity index (χ0v) is 17.4. The summed E-state index contributed by atoms with van der Waals surface area (Å²) in [6, 6.07) is 7.65. The fourth-order valence-corrected chi connectivity index (χ4v) is 3.98. The third kappa shape index (κ3) is 4.83. The van der Waals surface area contributed by atoms with Crippen molar-refractivity contribution in [3.8, 4) is 26.9 Å². The third-order valence-corrected chi connectivity index (χ3v) is 5.49. The van der Waals surface area contributed by atoms with Crippen molar-refractivity contribution in [3.05, 3.63) is 51.2 Å². The number of aliphatic hydroxyl groups excluding tert-OH is 1. The highest BCUT2D eigenvalue weighted by molar-refractivity contribution is 9.10. The molecule has 0 saturated carbocycles. The molecular formula is C18H16BrClFN3O2S. The van der Waals surface area contributed by atoms with Crippen molar-refractivity contribution in [1.29, 1.82) is 0 Å². The van der Waals surface area contributed by atoms with E-state index in [9.17, 15) is 4.39 Å². The summed E-state index contributed by atoms with van der Waals surface area (Å²) in [4.78, 5) is 0. The second-order valence-electron chi connectivity index (χ2n) is 5.92. The van der Waals surface area contributed by atoms with E-state index in [1.165, 1.54) is 23.5 Å². The number of ether oxygens (including phenoxy) is 1. The molecule has 0 amide bonds. The molecule has 0 spiro atoms. The second-order valence-corrected chi connectivity index (χ2v) is 8.22. The van der Waals surface area contributed by atoms with E-state index in [0.29, 0.717) is 36.4 Å². The number of benzene rings is 2. The van der Waals surface area contributed by atoms with E-state index >= 15 is 0 Å². The molecule has 3 aromatic rings. The molecule has 1 aromatic heterocycles. The molecule has 0 aliphatic heterocycles. The first kappa shape index (κ1) is 20.2. The Bertz CT molecular complexity index is 950. The fraction of sp³-hybridized carbons (Fsp3) is 0.222. The molecule has 5 nitrogen and oxygen atoms in total. The lowest BCUT2D eigenvalue weighted by Crippen LogP contribution is -2.31. The zero-order valence-electron chi connectivity index (χ0n) is 14.2. The normalized spacial score (nSPS) is 12.2. The van der Waals surface area contributed by atoms with Crippen molar-refractivity contribution >= 4 is 38.9 Å². The van der Waals surface area contributed by atoms with Gasteiger partial charge < -0.3 is 15.6 Å². The maximum absolute atomic E-state index is 13.6. The van der Waals surface area contributed by atoms with E-state index in [-0.39, 0.29) is 19.0 Å². The van der Waals surface area contributed by atoms with Crippen molar-refractivity contribution < 1.29 is 14.2 Å². The van der Waals surface area contributed by atoms with E-state index < -0.39 is 6.04 Å². The number of hydrogen-bond donors (Lipinski definition) is 2. The van der Waals surface area contributed by atoms with Crippen LogP contribution in [0.3, 0.4) is 0 Å². The van der Waals surface area contributed by atoms with Crippen molar-refractivity contribution in [2.75, 3.05) is 13.2 Å². The molecule has 142 valence electrons. The lowest BCUT2D eigenvalue weighted by Gasteiger charge is -2.14. The molecule has 0 saturated heterocycles. The summed E-state index contributed by atoms with van der Waals surface area (Å²) >= 11 is 11.0. The zero-order chi connectivity index (χ0) is 19.6. The van der Waals surface area contributed by atoms with Crippen molar-refractivity contribution in [3.63, 3.8) is 0 Å². The number of hydrogen-bond acceptors (Lipinski definition) is 6. The number of halogens is 3. The molecule has 0 aliphatic rings. The number of aryl methyl sites for hydroxylation is 1. The highest BCUT2D eigenvalue weighted by Gasteiger charge is 2.15. The minimum absolute atomic E-state index is 0.158. The van der Waals surface area contributed by atoms with Crippen LogP contribution in [0.15, 0.2) is 34.8 Å². The Hall–Kier alpha value is -1.58. The van der Waals surface area contributed by atoms with Crippen LogP contribution in [0, 0.1) is 12.7 Å². The van der Waals surface area contributed by atoms with Crippen molar-refractivity contribution in [1.82, 2.24) is 10.2 Å². The average Bonchev–Trinajstić information content (AvgIpc) is 3.10. The van der Waals surface area contributed by atoms with Gasteiger partial charge in [-0.3, -0.25) is 0 Å². The summed E-state index contributed by atoms with van der Waals surface area (Å²) in [6.45, 7) is 1.91.